The van der Waals surface area contributed by atoms with E-state index in [-0.39, 0.29) is 0 Å². The van der Waals surface area contributed by atoms with Crippen molar-refractivity contribution in [3.8, 4) is 0 Å². The maximum absolute atomic E-state index is 10.8. The molecule has 1 aromatic heterocycles. The lowest BCUT2D eigenvalue weighted by Gasteiger charge is -2.20. The average molecular weight is 241 g/mol. The van der Waals surface area contributed by atoms with E-state index in [4.69, 9.17) is 9.63 Å². The van der Waals surface area contributed by atoms with Crippen LogP contribution in [-0.4, -0.2) is 39.2 Å². The lowest BCUT2D eigenvalue weighted by Crippen LogP contribution is -2.31. The van der Waals surface area contributed by atoms with Crippen LogP contribution >= 0.6 is 0 Å². The number of hydrogen-bond donors (Lipinski definition) is 1. The molecule has 17 heavy (non-hydrogen) atoms. The number of hydrogen-bond acceptors (Lipinski definition) is 5. The first kappa shape index (κ1) is 13.6. The predicted molar refractivity (Wildman–Crippen MR) is 61.4 cm³/mol. The zero-order valence-electron chi connectivity index (χ0n) is 10.5. The van der Waals surface area contributed by atoms with Crippen molar-refractivity contribution in [3.63, 3.8) is 0 Å². The summed E-state index contributed by atoms with van der Waals surface area (Å²) in [5.74, 6) is 0.0435. The second-order valence-electron chi connectivity index (χ2n) is 4.02. The molecule has 6 heteroatoms. The third-order valence-electron chi connectivity index (χ3n) is 2.58. The molecule has 1 aromatic rings. The number of carboxylic acid groups (broad SMARTS) is 1. The Kier molecular flexibility index (Phi) is 5.09. The summed E-state index contributed by atoms with van der Waals surface area (Å²) in [5.41, 5.74) is 0. The van der Waals surface area contributed by atoms with Gasteiger partial charge in [-0.3, -0.25) is 9.69 Å². The van der Waals surface area contributed by atoms with Crippen LogP contribution in [0, 0.1) is 5.92 Å². The summed E-state index contributed by atoms with van der Waals surface area (Å²) in [6.45, 7) is 7.39. The molecule has 0 aliphatic carbocycles. The topological polar surface area (TPSA) is 79.5 Å². The van der Waals surface area contributed by atoms with Gasteiger partial charge in [0.1, 0.15) is 0 Å². The lowest BCUT2D eigenvalue weighted by atomic mass is 10.1. The van der Waals surface area contributed by atoms with Gasteiger partial charge in [0.25, 0.3) is 0 Å². The Hall–Kier alpha value is -1.43. The first-order valence-electron chi connectivity index (χ1n) is 5.83. The van der Waals surface area contributed by atoms with Crippen LogP contribution in [0.15, 0.2) is 4.52 Å². The number of carboxylic acids is 1. The van der Waals surface area contributed by atoms with Crippen molar-refractivity contribution in [2.45, 2.75) is 33.7 Å². The monoisotopic (exact) mass is 241 g/mol. The number of aryl methyl sites for hydroxylation is 1. The number of nitrogens with zero attached hydrogens (tertiary/aromatic N) is 3. The Labute approximate surface area is 101 Å². The van der Waals surface area contributed by atoms with Crippen LogP contribution in [0.4, 0.5) is 0 Å². The van der Waals surface area contributed by atoms with Crippen LogP contribution in [0.5, 0.6) is 0 Å². The molecule has 96 valence electrons. The molecule has 0 aliphatic heterocycles. The maximum Gasteiger partial charge on any atom is 0.307 e. The lowest BCUT2D eigenvalue weighted by molar-refractivity contribution is -0.141. The Morgan fingerprint density at radius 2 is 2.24 bits per heavy atom. The third kappa shape index (κ3) is 4.14. The van der Waals surface area contributed by atoms with Gasteiger partial charge in [0.2, 0.25) is 5.89 Å². The molecule has 1 atom stereocenters. The Balaban J connectivity index is 2.54. The highest BCUT2D eigenvalue weighted by atomic mass is 16.5. The Morgan fingerprint density at radius 1 is 1.53 bits per heavy atom. The predicted octanol–water partition coefficient (Wildman–Crippen LogP) is 1.17. The summed E-state index contributed by atoms with van der Waals surface area (Å²) < 4.78 is 5.01. The molecule has 0 spiro atoms. The van der Waals surface area contributed by atoms with E-state index in [0.717, 1.165) is 6.54 Å². The quantitative estimate of drug-likeness (QED) is 0.772. The summed E-state index contributed by atoms with van der Waals surface area (Å²) in [7, 11) is 0. The van der Waals surface area contributed by atoms with Crippen LogP contribution < -0.4 is 0 Å². The molecule has 6 nitrogen and oxygen atoms in total. The fraction of sp³-hybridized carbons (Fsp3) is 0.727. The van der Waals surface area contributed by atoms with E-state index in [0.29, 0.717) is 31.2 Å². The van der Waals surface area contributed by atoms with Gasteiger partial charge in [-0.1, -0.05) is 25.9 Å². The fourth-order valence-electron chi connectivity index (χ4n) is 1.47. The number of rotatable bonds is 7. The van der Waals surface area contributed by atoms with E-state index in [2.05, 4.69) is 10.1 Å². The highest BCUT2D eigenvalue weighted by Crippen LogP contribution is 2.06. The molecule has 0 aromatic carbocycles. The number of aromatic nitrogens is 2. The second kappa shape index (κ2) is 6.34. The third-order valence-corrected chi connectivity index (χ3v) is 2.58. The smallest absolute Gasteiger partial charge is 0.307 e. The van der Waals surface area contributed by atoms with Crippen molar-refractivity contribution >= 4 is 5.97 Å². The summed E-state index contributed by atoms with van der Waals surface area (Å²) in [5, 5.41) is 12.7. The molecule has 0 radical (unpaired) electrons. The zero-order chi connectivity index (χ0) is 12.8. The number of carbonyl (C=O) groups is 1. The fourth-order valence-corrected chi connectivity index (χ4v) is 1.47. The first-order chi connectivity index (χ1) is 8.06. The van der Waals surface area contributed by atoms with Crippen molar-refractivity contribution in [2.24, 2.45) is 5.92 Å². The molecule has 0 aliphatic rings. The van der Waals surface area contributed by atoms with Crippen molar-refractivity contribution in [3.05, 3.63) is 11.7 Å². The highest BCUT2D eigenvalue weighted by molar-refractivity contribution is 5.69. The largest absolute Gasteiger partial charge is 0.481 e. The van der Waals surface area contributed by atoms with Gasteiger partial charge in [-0.2, -0.15) is 4.98 Å². The molecule has 1 heterocycles. The summed E-state index contributed by atoms with van der Waals surface area (Å²) in [4.78, 5) is 17.0. The minimum Gasteiger partial charge on any atom is -0.481 e. The van der Waals surface area contributed by atoms with Gasteiger partial charge in [0.05, 0.1) is 12.5 Å². The minimum absolute atomic E-state index is 0.396. The summed E-state index contributed by atoms with van der Waals surface area (Å²) in [6, 6.07) is 0. The maximum atomic E-state index is 10.8. The van der Waals surface area contributed by atoms with E-state index in [1.54, 1.807) is 6.92 Å². The second-order valence-corrected chi connectivity index (χ2v) is 4.02. The standard InChI is InChI=1S/C11H19N3O3/c1-4-10-12-9(13-17-10)7-14(5-2)6-8(3)11(15)16/h8H,4-7H2,1-3H3,(H,15,16). The van der Waals surface area contributed by atoms with E-state index in [1.807, 2.05) is 18.7 Å². The molecule has 0 fully saturated rings. The van der Waals surface area contributed by atoms with Crippen molar-refractivity contribution < 1.29 is 14.4 Å². The summed E-state index contributed by atoms with van der Waals surface area (Å²) in [6.07, 6.45) is 0.713. The van der Waals surface area contributed by atoms with Crippen LogP contribution in [0.3, 0.4) is 0 Å². The molecule has 0 amide bonds. The molecule has 0 saturated heterocycles. The van der Waals surface area contributed by atoms with E-state index in [9.17, 15) is 4.79 Å². The first-order valence-corrected chi connectivity index (χ1v) is 5.83. The van der Waals surface area contributed by atoms with Crippen molar-refractivity contribution in [1.82, 2.24) is 15.0 Å². The van der Waals surface area contributed by atoms with Gasteiger partial charge in [0.15, 0.2) is 5.82 Å². The van der Waals surface area contributed by atoms with Crippen molar-refractivity contribution in [1.29, 1.82) is 0 Å². The summed E-state index contributed by atoms with van der Waals surface area (Å²) >= 11 is 0. The van der Waals surface area contributed by atoms with E-state index >= 15 is 0 Å². The van der Waals surface area contributed by atoms with Gasteiger partial charge in [0, 0.05) is 13.0 Å². The number of aliphatic carboxylic acids is 1. The highest BCUT2D eigenvalue weighted by Gasteiger charge is 2.17. The normalized spacial score (nSPS) is 12.9. The molecular formula is C11H19N3O3. The minimum atomic E-state index is -0.786. The molecule has 1 rings (SSSR count). The van der Waals surface area contributed by atoms with Gasteiger partial charge in [-0.05, 0) is 6.54 Å². The van der Waals surface area contributed by atoms with Crippen LogP contribution in [0.25, 0.3) is 0 Å². The van der Waals surface area contributed by atoms with Gasteiger partial charge >= 0.3 is 5.97 Å². The molecule has 0 saturated carbocycles. The molecule has 0 bridgehead atoms. The van der Waals surface area contributed by atoms with Crippen LogP contribution in [0.1, 0.15) is 32.5 Å². The van der Waals surface area contributed by atoms with Crippen LogP contribution in [-0.2, 0) is 17.8 Å². The Morgan fingerprint density at radius 3 is 2.71 bits per heavy atom. The molecule has 1 unspecified atom stereocenters. The molecule has 1 N–H and O–H groups in total. The van der Waals surface area contributed by atoms with Crippen LogP contribution in [0.2, 0.25) is 0 Å². The molecular weight excluding hydrogens is 222 g/mol. The Bertz CT molecular complexity index is 365. The van der Waals surface area contributed by atoms with Gasteiger partial charge in [-0.25, -0.2) is 0 Å². The zero-order valence-corrected chi connectivity index (χ0v) is 10.5. The van der Waals surface area contributed by atoms with Gasteiger partial charge in [-0.15, -0.1) is 0 Å². The SMILES string of the molecule is CCc1nc(CN(CC)CC(C)C(=O)O)no1. The van der Waals surface area contributed by atoms with Gasteiger partial charge < -0.3 is 9.63 Å². The van der Waals surface area contributed by atoms with Crippen molar-refractivity contribution in [2.75, 3.05) is 13.1 Å². The van der Waals surface area contributed by atoms with E-state index < -0.39 is 11.9 Å². The average Bonchev–Trinajstić information content (AvgIpc) is 2.75. The van der Waals surface area contributed by atoms with E-state index in [1.165, 1.54) is 0 Å².